The SMILES string of the molecule is CCCCCN1CC(=Cc2ccc(C(=O)Nc3ccc(F)cc3N)cc2)C1. The van der Waals surface area contributed by atoms with Crippen molar-refractivity contribution in [2.75, 3.05) is 30.7 Å². The maximum Gasteiger partial charge on any atom is 0.255 e. The van der Waals surface area contributed by atoms with Gasteiger partial charge in [-0.15, -0.1) is 0 Å². The highest BCUT2D eigenvalue weighted by Gasteiger charge is 2.18. The third-order valence-corrected chi connectivity index (χ3v) is 4.74. The summed E-state index contributed by atoms with van der Waals surface area (Å²) in [4.78, 5) is 14.8. The van der Waals surface area contributed by atoms with Gasteiger partial charge in [-0.05, 0) is 54.4 Å². The van der Waals surface area contributed by atoms with Crippen molar-refractivity contribution in [3.05, 3.63) is 65.0 Å². The fourth-order valence-electron chi connectivity index (χ4n) is 3.17. The van der Waals surface area contributed by atoms with E-state index in [-0.39, 0.29) is 11.6 Å². The van der Waals surface area contributed by atoms with Crippen molar-refractivity contribution in [2.24, 2.45) is 0 Å². The van der Waals surface area contributed by atoms with Crippen molar-refractivity contribution in [3.63, 3.8) is 0 Å². The van der Waals surface area contributed by atoms with E-state index in [2.05, 4.69) is 23.2 Å². The molecule has 1 heterocycles. The predicted octanol–water partition coefficient (Wildman–Crippen LogP) is 4.55. The number of carbonyl (C=O) groups excluding carboxylic acids is 1. The summed E-state index contributed by atoms with van der Waals surface area (Å²) in [5.41, 5.74) is 9.40. The molecule has 0 saturated carbocycles. The first-order valence-electron chi connectivity index (χ1n) is 9.43. The quantitative estimate of drug-likeness (QED) is 0.557. The normalized spacial score (nSPS) is 13.9. The van der Waals surface area contributed by atoms with Gasteiger partial charge in [-0.3, -0.25) is 9.69 Å². The molecule has 0 radical (unpaired) electrons. The van der Waals surface area contributed by atoms with Crippen molar-refractivity contribution >= 4 is 23.4 Å². The number of carbonyl (C=O) groups is 1. The zero-order valence-electron chi connectivity index (χ0n) is 15.7. The van der Waals surface area contributed by atoms with Crippen molar-refractivity contribution in [3.8, 4) is 0 Å². The summed E-state index contributed by atoms with van der Waals surface area (Å²) in [7, 11) is 0. The largest absolute Gasteiger partial charge is 0.397 e. The number of benzene rings is 2. The van der Waals surface area contributed by atoms with Gasteiger partial charge in [-0.25, -0.2) is 4.39 Å². The van der Waals surface area contributed by atoms with Gasteiger partial charge in [0.05, 0.1) is 11.4 Å². The number of halogens is 1. The number of hydrogen-bond acceptors (Lipinski definition) is 3. The Hall–Kier alpha value is -2.66. The number of nitrogens with one attached hydrogen (secondary N) is 1. The van der Waals surface area contributed by atoms with Gasteiger partial charge < -0.3 is 11.1 Å². The van der Waals surface area contributed by atoms with Gasteiger partial charge in [-0.2, -0.15) is 0 Å². The minimum Gasteiger partial charge on any atom is -0.397 e. The van der Waals surface area contributed by atoms with Gasteiger partial charge in [0.2, 0.25) is 0 Å². The molecule has 4 nitrogen and oxygen atoms in total. The maximum atomic E-state index is 13.1. The molecule has 0 atom stereocenters. The molecule has 3 rings (SSSR count). The second kappa shape index (κ2) is 8.82. The van der Waals surface area contributed by atoms with Crippen LogP contribution in [0.4, 0.5) is 15.8 Å². The zero-order valence-corrected chi connectivity index (χ0v) is 15.7. The number of likely N-dealkylation sites (tertiary alicyclic amines) is 1. The van der Waals surface area contributed by atoms with Gasteiger partial charge in [0, 0.05) is 18.7 Å². The molecule has 0 spiro atoms. The van der Waals surface area contributed by atoms with Crippen molar-refractivity contribution < 1.29 is 9.18 Å². The van der Waals surface area contributed by atoms with Crippen molar-refractivity contribution in [1.82, 2.24) is 4.90 Å². The van der Waals surface area contributed by atoms with Crippen LogP contribution in [-0.4, -0.2) is 30.4 Å². The highest BCUT2D eigenvalue weighted by Crippen LogP contribution is 2.21. The van der Waals surface area contributed by atoms with Crippen molar-refractivity contribution in [1.29, 1.82) is 0 Å². The number of hydrogen-bond donors (Lipinski definition) is 2. The van der Waals surface area contributed by atoms with Crippen LogP contribution in [0.5, 0.6) is 0 Å². The molecule has 1 aliphatic rings. The minimum atomic E-state index is -0.428. The third kappa shape index (κ3) is 5.17. The molecule has 1 amide bonds. The number of rotatable bonds is 7. The molecule has 1 saturated heterocycles. The average Bonchev–Trinajstić information content (AvgIpc) is 2.62. The van der Waals surface area contributed by atoms with Crippen LogP contribution in [0.2, 0.25) is 0 Å². The summed E-state index contributed by atoms with van der Waals surface area (Å²) in [6.07, 6.45) is 6.01. The Balaban J connectivity index is 1.54. The van der Waals surface area contributed by atoms with Crippen LogP contribution in [0.25, 0.3) is 6.08 Å². The summed E-state index contributed by atoms with van der Waals surface area (Å²) in [6, 6.07) is 11.4. The monoisotopic (exact) mass is 367 g/mol. The number of amides is 1. The summed E-state index contributed by atoms with van der Waals surface area (Å²) < 4.78 is 13.1. The Morgan fingerprint density at radius 2 is 1.93 bits per heavy atom. The Bertz CT molecular complexity index is 822. The molecule has 0 aliphatic carbocycles. The van der Waals surface area contributed by atoms with E-state index in [9.17, 15) is 9.18 Å². The van der Waals surface area contributed by atoms with Crippen LogP contribution in [0.15, 0.2) is 48.0 Å². The lowest BCUT2D eigenvalue weighted by atomic mass is 10.0. The molecule has 0 bridgehead atoms. The average molecular weight is 367 g/mol. The van der Waals surface area contributed by atoms with E-state index in [1.807, 2.05) is 12.1 Å². The molecular weight excluding hydrogens is 341 g/mol. The number of anilines is 2. The smallest absolute Gasteiger partial charge is 0.255 e. The van der Waals surface area contributed by atoms with Crippen LogP contribution >= 0.6 is 0 Å². The molecule has 2 aromatic rings. The molecule has 27 heavy (non-hydrogen) atoms. The van der Waals surface area contributed by atoms with E-state index in [0.717, 1.165) is 18.7 Å². The molecular formula is C22H26FN3O. The highest BCUT2D eigenvalue weighted by atomic mass is 19.1. The fourth-order valence-corrected chi connectivity index (χ4v) is 3.17. The molecule has 0 unspecified atom stereocenters. The second-order valence-electron chi connectivity index (χ2n) is 7.03. The minimum absolute atomic E-state index is 0.207. The predicted molar refractivity (Wildman–Crippen MR) is 109 cm³/mol. The van der Waals surface area contributed by atoms with Gasteiger partial charge in [0.15, 0.2) is 0 Å². The third-order valence-electron chi connectivity index (χ3n) is 4.74. The second-order valence-corrected chi connectivity index (χ2v) is 7.03. The van der Waals surface area contributed by atoms with E-state index in [4.69, 9.17) is 5.73 Å². The lowest BCUT2D eigenvalue weighted by Gasteiger charge is -2.34. The summed E-state index contributed by atoms with van der Waals surface area (Å²) >= 11 is 0. The van der Waals surface area contributed by atoms with Crippen LogP contribution in [-0.2, 0) is 0 Å². The van der Waals surface area contributed by atoms with E-state index in [0.29, 0.717) is 11.3 Å². The Labute approximate surface area is 159 Å². The molecule has 5 heteroatoms. The van der Waals surface area contributed by atoms with Gasteiger partial charge in [0.1, 0.15) is 5.82 Å². The number of unbranched alkanes of at least 4 members (excludes halogenated alkanes) is 2. The summed E-state index contributed by atoms with van der Waals surface area (Å²) in [5.74, 6) is -0.693. The fraction of sp³-hybridized carbons (Fsp3) is 0.318. The first-order chi connectivity index (χ1) is 13.0. The summed E-state index contributed by atoms with van der Waals surface area (Å²) in [5, 5.41) is 2.71. The van der Waals surface area contributed by atoms with E-state index in [1.165, 1.54) is 49.6 Å². The first kappa shape index (κ1) is 19.1. The molecule has 142 valence electrons. The highest BCUT2D eigenvalue weighted by molar-refractivity contribution is 6.05. The van der Waals surface area contributed by atoms with E-state index < -0.39 is 5.82 Å². The van der Waals surface area contributed by atoms with Crippen LogP contribution in [0, 0.1) is 5.82 Å². The Kier molecular flexibility index (Phi) is 6.24. The Morgan fingerprint density at radius 3 is 2.59 bits per heavy atom. The standard InChI is InChI=1S/C22H26FN3O/c1-2-3-4-11-26-14-17(15-26)12-16-5-7-18(8-6-16)22(27)25-21-10-9-19(23)13-20(21)24/h5-10,12-13H,2-4,11,14-15,24H2,1H3,(H,25,27). The molecule has 2 aromatic carbocycles. The van der Waals surface area contributed by atoms with Crippen LogP contribution < -0.4 is 11.1 Å². The molecule has 1 aliphatic heterocycles. The van der Waals surface area contributed by atoms with Gasteiger partial charge >= 0.3 is 0 Å². The topological polar surface area (TPSA) is 58.4 Å². The summed E-state index contributed by atoms with van der Waals surface area (Å²) in [6.45, 7) is 5.47. The number of nitrogens with zero attached hydrogens (tertiary/aromatic N) is 1. The molecule has 3 N–H and O–H groups in total. The first-order valence-corrected chi connectivity index (χ1v) is 9.43. The number of nitrogens with two attached hydrogens (primary N) is 1. The zero-order chi connectivity index (χ0) is 19.2. The molecule has 1 fully saturated rings. The lowest BCUT2D eigenvalue weighted by Crippen LogP contribution is -2.40. The van der Waals surface area contributed by atoms with E-state index >= 15 is 0 Å². The van der Waals surface area contributed by atoms with E-state index in [1.54, 1.807) is 12.1 Å². The van der Waals surface area contributed by atoms with Crippen LogP contribution in [0.1, 0.15) is 42.1 Å². The van der Waals surface area contributed by atoms with Gasteiger partial charge in [0.25, 0.3) is 5.91 Å². The Morgan fingerprint density at radius 1 is 1.19 bits per heavy atom. The van der Waals surface area contributed by atoms with Crippen LogP contribution in [0.3, 0.4) is 0 Å². The van der Waals surface area contributed by atoms with Gasteiger partial charge in [-0.1, -0.05) is 38.0 Å². The molecule has 0 aromatic heterocycles. The van der Waals surface area contributed by atoms with Crippen molar-refractivity contribution in [2.45, 2.75) is 26.2 Å². The maximum absolute atomic E-state index is 13.1. The number of nitrogen functional groups attached to an aromatic ring is 1. The lowest BCUT2D eigenvalue weighted by molar-refractivity contribution is 0.102.